The van der Waals surface area contributed by atoms with Crippen LogP contribution < -0.4 is 10.1 Å². The Morgan fingerprint density at radius 2 is 1.94 bits per heavy atom. The summed E-state index contributed by atoms with van der Waals surface area (Å²) < 4.78 is 7.37. The van der Waals surface area contributed by atoms with Crippen molar-refractivity contribution < 1.29 is 9.53 Å². The second-order valence-electron chi connectivity index (χ2n) is 8.62. The van der Waals surface area contributed by atoms with Crippen LogP contribution in [0.4, 0.5) is 0 Å². The lowest BCUT2D eigenvalue weighted by molar-refractivity contribution is 0.0946. The van der Waals surface area contributed by atoms with Gasteiger partial charge in [-0.05, 0) is 48.9 Å². The molecule has 0 bridgehead atoms. The van der Waals surface area contributed by atoms with E-state index in [2.05, 4.69) is 38.6 Å². The Labute approximate surface area is 197 Å². The molecule has 1 saturated carbocycles. The number of aryl methyl sites for hydroxylation is 2. The van der Waals surface area contributed by atoms with Gasteiger partial charge in [0.25, 0.3) is 11.9 Å². The van der Waals surface area contributed by atoms with E-state index in [1.54, 1.807) is 23.3 Å². The maximum absolute atomic E-state index is 13.0. The topological polar surface area (TPSA) is 94.8 Å². The van der Waals surface area contributed by atoms with Crippen molar-refractivity contribution in [3.8, 4) is 23.0 Å². The molecule has 8 heteroatoms. The van der Waals surface area contributed by atoms with Gasteiger partial charge in [0, 0.05) is 23.9 Å². The van der Waals surface area contributed by atoms with Crippen LogP contribution in [0.5, 0.6) is 5.75 Å². The fourth-order valence-electron chi connectivity index (χ4n) is 4.46. The van der Waals surface area contributed by atoms with Crippen molar-refractivity contribution in [2.24, 2.45) is 0 Å². The first-order valence-electron chi connectivity index (χ1n) is 11.6. The van der Waals surface area contributed by atoms with Crippen LogP contribution in [-0.2, 0) is 12.8 Å². The van der Waals surface area contributed by atoms with Gasteiger partial charge in [0.15, 0.2) is 0 Å². The number of nitrogens with one attached hydrogen (secondary N) is 1. The molecule has 2 aliphatic carbocycles. The number of hydrogen-bond acceptors (Lipinski definition) is 6. The molecule has 0 saturated heterocycles. The first-order valence-corrected chi connectivity index (χ1v) is 11.6. The second-order valence-corrected chi connectivity index (χ2v) is 8.62. The van der Waals surface area contributed by atoms with Gasteiger partial charge >= 0.3 is 0 Å². The van der Waals surface area contributed by atoms with Crippen LogP contribution in [0.25, 0.3) is 17.2 Å². The van der Waals surface area contributed by atoms with Gasteiger partial charge in [-0.3, -0.25) is 9.78 Å². The number of fused-ring (bicyclic) bond motifs is 3. The van der Waals surface area contributed by atoms with Gasteiger partial charge in [-0.2, -0.15) is 5.10 Å². The fourth-order valence-corrected chi connectivity index (χ4v) is 4.46. The van der Waals surface area contributed by atoms with E-state index in [0.29, 0.717) is 36.3 Å². The molecule has 1 aromatic carbocycles. The highest BCUT2D eigenvalue weighted by atomic mass is 16.5. The van der Waals surface area contributed by atoms with Gasteiger partial charge in [0.05, 0.1) is 35.9 Å². The zero-order valence-corrected chi connectivity index (χ0v) is 18.6. The monoisotopic (exact) mass is 452 g/mol. The van der Waals surface area contributed by atoms with E-state index in [4.69, 9.17) is 9.72 Å². The summed E-state index contributed by atoms with van der Waals surface area (Å²) in [6.45, 7) is 0.743. The summed E-state index contributed by atoms with van der Waals surface area (Å²) in [5.74, 6) is 1.32. The molecular formula is C26H24N6O2. The van der Waals surface area contributed by atoms with Gasteiger partial charge < -0.3 is 10.1 Å². The third-order valence-corrected chi connectivity index (χ3v) is 6.28. The summed E-state index contributed by atoms with van der Waals surface area (Å²) in [5, 5.41) is 7.48. The number of benzene rings is 1. The first kappa shape index (κ1) is 20.5. The molecule has 8 nitrogen and oxygen atoms in total. The number of aromatic nitrogens is 5. The third kappa shape index (κ3) is 3.91. The third-order valence-electron chi connectivity index (χ3n) is 6.28. The summed E-state index contributed by atoms with van der Waals surface area (Å²) >= 11 is 0. The smallest absolute Gasteiger partial charge is 0.254 e. The minimum Gasteiger partial charge on any atom is -0.490 e. The number of carbonyl (C=O) groups excluding carboxylic acids is 1. The van der Waals surface area contributed by atoms with Crippen LogP contribution in [0.2, 0.25) is 0 Å². The summed E-state index contributed by atoms with van der Waals surface area (Å²) in [7, 11) is 0. The molecule has 3 heterocycles. The van der Waals surface area contributed by atoms with Crippen LogP contribution >= 0.6 is 0 Å². The van der Waals surface area contributed by atoms with E-state index in [0.717, 1.165) is 48.2 Å². The molecule has 1 fully saturated rings. The molecule has 1 amide bonds. The lowest BCUT2D eigenvalue weighted by Crippen LogP contribution is -2.28. The largest absolute Gasteiger partial charge is 0.490 e. The predicted molar refractivity (Wildman–Crippen MR) is 126 cm³/mol. The number of ether oxygens (including phenoxy) is 1. The van der Waals surface area contributed by atoms with E-state index in [1.165, 1.54) is 5.56 Å². The Bertz CT molecular complexity index is 1350. The Hall–Kier alpha value is -4.07. The van der Waals surface area contributed by atoms with Crippen molar-refractivity contribution in [1.29, 1.82) is 0 Å². The Morgan fingerprint density at radius 1 is 1.06 bits per heavy atom. The minimum absolute atomic E-state index is 0.161. The average molecular weight is 453 g/mol. The highest BCUT2D eigenvalue weighted by Crippen LogP contribution is 2.42. The van der Waals surface area contributed by atoms with Crippen LogP contribution in [0.1, 0.15) is 45.9 Å². The quantitative estimate of drug-likeness (QED) is 0.431. The lowest BCUT2D eigenvalue weighted by atomic mass is 9.90. The maximum Gasteiger partial charge on any atom is 0.254 e. The van der Waals surface area contributed by atoms with Gasteiger partial charge in [-0.15, -0.1) is 0 Å². The van der Waals surface area contributed by atoms with E-state index in [1.807, 2.05) is 24.4 Å². The van der Waals surface area contributed by atoms with Gasteiger partial charge in [0.2, 0.25) is 0 Å². The molecule has 2 aliphatic rings. The lowest BCUT2D eigenvalue weighted by Gasteiger charge is -2.19. The highest BCUT2D eigenvalue weighted by molar-refractivity contribution is 5.95. The molecule has 0 radical (unpaired) electrons. The zero-order chi connectivity index (χ0) is 22.9. The van der Waals surface area contributed by atoms with E-state index in [-0.39, 0.29) is 5.91 Å². The number of carbonyl (C=O) groups is 1. The van der Waals surface area contributed by atoms with E-state index < -0.39 is 0 Å². The van der Waals surface area contributed by atoms with Crippen LogP contribution in [0.15, 0.2) is 61.2 Å². The Morgan fingerprint density at radius 3 is 2.79 bits per heavy atom. The fraction of sp³-hybridized carbons (Fsp3) is 0.269. The van der Waals surface area contributed by atoms with Gasteiger partial charge in [-0.1, -0.05) is 24.3 Å². The molecule has 170 valence electrons. The van der Waals surface area contributed by atoms with Crippen molar-refractivity contribution in [2.45, 2.75) is 31.6 Å². The van der Waals surface area contributed by atoms with E-state index in [9.17, 15) is 4.79 Å². The molecule has 6 rings (SSSR count). The van der Waals surface area contributed by atoms with Gasteiger partial charge in [-0.25, -0.2) is 14.6 Å². The van der Waals surface area contributed by atoms with Crippen LogP contribution in [0.3, 0.4) is 0 Å². The van der Waals surface area contributed by atoms with Crippen molar-refractivity contribution in [3.05, 3.63) is 83.6 Å². The molecule has 0 atom stereocenters. The number of rotatable bonds is 7. The molecule has 4 aromatic rings. The molecule has 1 N–H and O–H groups in total. The standard InChI is InChI=1S/C26H24N6O2/c33-25(28-12-13-34-20-5-3-11-27-15-20)22-16-30-32(24(22)18-8-9-18)26-29-14-19-10-7-17-4-1-2-6-21(17)23(19)31-26/h1-6,11,14-16,18H,7-10,12-13H2,(H,28,33). The molecule has 34 heavy (non-hydrogen) atoms. The number of amides is 1. The molecule has 0 unspecified atom stereocenters. The second kappa shape index (κ2) is 8.70. The molecule has 0 spiro atoms. The molecule has 3 aromatic heterocycles. The Kier molecular flexibility index (Phi) is 5.25. The van der Waals surface area contributed by atoms with E-state index >= 15 is 0 Å². The van der Waals surface area contributed by atoms with Crippen LogP contribution in [0, 0.1) is 0 Å². The molecular weight excluding hydrogens is 428 g/mol. The summed E-state index contributed by atoms with van der Waals surface area (Å²) in [6.07, 6.45) is 10.9. The maximum atomic E-state index is 13.0. The minimum atomic E-state index is -0.161. The summed E-state index contributed by atoms with van der Waals surface area (Å²) in [4.78, 5) is 26.5. The average Bonchev–Trinajstić information content (AvgIpc) is 3.64. The van der Waals surface area contributed by atoms with Crippen molar-refractivity contribution in [3.63, 3.8) is 0 Å². The first-order chi connectivity index (χ1) is 16.8. The zero-order valence-electron chi connectivity index (χ0n) is 18.6. The number of hydrogen-bond donors (Lipinski definition) is 1. The number of nitrogens with zero attached hydrogens (tertiary/aromatic N) is 5. The highest BCUT2D eigenvalue weighted by Gasteiger charge is 2.34. The van der Waals surface area contributed by atoms with Crippen LogP contribution in [-0.4, -0.2) is 43.8 Å². The van der Waals surface area contributed by atoms with Crippen molar-refractivity contribution in [1.82, 2.24) is 30.0 Å². The molecule has 0 aliphatic heterocycles. The summed E-state index contributed by atoms with van der Waals surface area (Å²) in [5.41, 5.74) is 6.02. The predicted octanol–water partition coefficient (Wildman–Crippen LogP) is 3.51. The SMILES string of the molecule is O=C(NCCOc1cccnc1)c1cnn(-c2ncc3c(n2)-c2ccccc2CC3)c1C1CC1. The van der Waals surface area contributed by atoms with Crippen molar-refractivity contribution >= 4 is 5.91 Å². The number of pyridine rings is 1. The van der Waals surface area contributed by atoms with Gasteiger partial charge in [0.1, 0.15) is 12.4 Å². The normalized spacial score (nSPS) is 14.2. The Balaban J connectivity index is 1.23. The summed E-state index contributed by atoms with van der Waals surface area (Å²) in [6, 6.07) is 12.0. The van der Waals surface area contributed by atoms with Crippen molar-refractivity contribution in [2.75, 3.05) is 13.2 Å².